The number of nitrogens with zero attached hydrogens (tertiary/aromatic N) is 2. The van der Waals surface area contributed by atoms with Crippen molar-refractivity contribution in [1.29, 1.82) is 0 Å². The van der Waals surface area contributed by atoms with E-state index < -0.39 is 0 Å². The van der Waals surface area contributed by atoms with Crippen LogP contribution in [0.25, 0.3) is 0 Å². The number of hydroxylamine groups is 2. The molecular weight excluding hydrogens is 130 g/mol. The van der Waals surface area contributed by atoms with Crippen LogP contribution in [0, 0.1) is 0 Å². The summed E-state index contributed by atoms with van der Waals surface area (Å²) < 4.78 is 0. The summed E-state index contributed by atoms with van der Waals surface area (Å²) in [5, 5.41) is 1.74. The first-order valence-electron chi connectivity index (χ1n) is 3.26. The molecule has 1 rings (SSSR count). The van der Waals surface area contributed by atoms with Crippen LogP contribution in [-0.4, -0.2) is 23.3 Å². The van der Waals surface area contributed by atoms with E-state index in [-0.39, 0.29) is 11.6 Å². The normalized spacial score (nSPS) is 20.5. The van der Waals surface area contributed by atoms with E-state index in [2.05, 4.69) is 4.99 Å². The molecule has 0 atom stereocenters. The second-order valence-electron chi connectivity index (χ2n) is 3.28. The van der Waals surface area contributed by atoms with E-state index in [9.17, 15) is 0 Å². The van der Waals surface area contributed by atoms with E-state index in [1.165, 1.54) is 0 Å². The number of aliphatic imine (C=N–C) groups is 1. The Morgan fingerprint density at radius 1 is 1.60 bits per heavy atom. The van der Waals surface area contributed by atoms with E-state index in [4.69, 9.17) is 10.6 Å². The number of hydrogen-bond acceptors (Lipinski definition) is 4. The topological polar surface area (TPSA) is 50.8 Å². The van der Waals surface area contributed by atoms with Crippen molar-refractivity contribution < 1.29 is 4.84 Å². The Kier molecular flexibility index (Phi) is 1.56. The molecule has 1 heterocycles. The van der Waals surface area contributed by atoms with Crippen LogP contribution >= 0.6 is 0 Å². The molecule has 0 amide bonds. The van der Waals surface area contributed by atoms with E-state index in [1.807, 2.05) is 20.8 Å². The monoisotopic (exact) mass is 143 g/mol. The minimum atomic E-state index is -0.0232. The summed E-state index contributed by atoms with van der Waals surface area (Å²) in [5.41, 5.74) is 5.28. The second-order valence-corrected chi connectivity index (χ2v) is 3.28. The van der Waals surface area contributed by atoms with Gasteiger partial charge in [0, 0.05) is 0 Å². The Hall–Kier alpha value is -0.770. The lowest BCUT2D eigenvalue weighted by atomic mass is 10.1. The zero-order chi connectivity index (χ0) is 7.78. The van der Waals surface area contributed by atoms with Crippen molar-refractivity contribution in [1.82, 2.24) is 5.06 Å². The summed E-state index contributed by atoms with van der Waals surface area (Å²) >= 11 is 0. The smallest absolute Gasteiger partial charge is 0.304 e. The number of amidine groups is 1. The van der Waals surface area contributed by atoms with Crippen molar-refractivity contribution >= 4 is 6.02 Å². The molecule has 0 aromatic carbocycles. The van der Waals surface area contributed by atoms with Gasteiger partial charge in [-0.15, -0.1) is 5.06 Å². The quantitative estimate of drug-likeness (QED) is 0.530. The van der Waals surface area contributed by atoms with Gasteiger partial charge in [-0.3, -0.25) is 0 Å². The second kappa shape index (κ2) is 2.12. The van der Waals surface area contributed by atoms with Gasteiger partial charge in [0.1, 0.15) is 6.67 Å². The lowest BCUT2D eigenvalue weighted by molar-refractivity contribution is -0.119. The van der Waals surface area contributed by atoms with Gasteiger partial charge in [0.15, 0.2) is 0 Å². The third-order valence-electron chi connectivity index (χ3n) is 1.31. The highest BCUT2D eigenvalue weighted by Gasteiger charge is 2.27. The minimum absolute atomic E-state index is 0.0232. The Morgan fingerprint density at radius 3 is 2.40 bits per heavy atom. The molecule has 0 unspecified atom stereocenters. The first-order valence-corrected chi connectivity index (χ1v) is 3.26. The summed E-state index contributed by atoms with van der Waals surface area (Å²) in [4.78, 5) is 8.97. The van der Waals surface area contributed by atoms with Crippen molar-refractivity contribution in [3.8, 4) is 0 Å². The third kappa shape index (κ3) is 1.39. The highest BCUT2D eigenvalue weighted by atomic mass is 16.7. The molecular formula is C6H13N3O. The molecule has 0 saturated heterocycles. The first kappa shape index (κ1) is 7.34. The Morgan fingerprint density at radius 2 is 2.20 bits per heavy atom. The maximum Gasteiger partial charge on any atom is 0.304 e. The van der Waals surface area contributed by atoms with Gasteiger partial charge in [0.05, 0.1) is 5.54 Å². The number of nitrogens with two attached hydrogens (primary N) is 1. The highest BCUT2D eigenvalue weighted by Crippen LogP contribution is 2.16. The van der Waals surface area contributed by atoms with E-state index in [0.29, 0.717) is 6.67 Å². The van der Waals surface area contributed by atoms with Gasteiger partial charge in [-0.2, -0.15) is 0 Å². The van der Waals surface area contributed by atoms with Crippen LogP contribution in [0.4, 0.5) is 0 Å². The Labute approximate surface area is 60.6 Å². The van der Waals surface area contributed by atoms with Gasteiger partial charge < -0.3 is 10.6 Å². The van der Waals surface area contributed by atoms with Gasteiger partial charge in [-0.1, -0.05) is 0 Å². The highest BCUT2D eigenvalue weighted by molar-refractivity contribution is 5.72. The molecule has 0 fully saturated rings. The average molecular weight is 143 g/mol. The van der Waals surface area contributed by atoms with Crippen LogP contribution in [0.3, 0.4) is 0 Å². The van der Waals surface area contributed by atoms with Crippen molar-refractivity contribution in [2.24, 2.45) is 10.7 Å². The van der Waals surface area contributed by atoms with Crippen LogP contribution in [0.5, 0.6) is 0 Å². The van der Waals surface area contributed by atoms with Gasteiger partial charge in [0.2, 0.25) is 0 Å². The fraction of sp³-hybridized carbons (Fsp3) is 0.833. The predicted octanol–water partition coefficient (Wildman–Crippen LogP) is 0.304. The molecule has 1 aliphatic heterocycles. The van der Waals surface area contributed by atoms with E-state index in [0.717, 1.165) is 0 Å². The fourth-order valence-electron chi connectivity index (χ4n) is 0.654. The predicted molar refractivity (Wildman–Crippen MR) is 39.2 cm³/mol. The molecule has 0 aliphatic carbocycles. The van der Waals surface area contributed by atoms with Gasteiger partial charge in [0.25, 0.3) is 0 Å². The molecule has 0 saturated carbocycles. The molecule has 4 heteroatoms. The SMILES string of the molecule is CC(C)(C)N1CN=C(N)O1. The molecule has 0 radical (unpaired) electrons. The summed E-state index contributed by atoms with van der Waals surface area (Å²) in [6.07, 6.45) is 0. The maximum absolute atomic E-state index is 5.31. The zero-order valence-corrected chi connectivity index (χ0v) is 6.59. The molecule has 58 valence electrons. The molecule has 4 nitrogen and oxygen atoms in total. The summed E-state index contributed by atoms with van der Waals surface area (Å²) in [6.45, 7) is 6.67. The van der Waals surface area contributed by atoms with Crippen LogP contribution in [0.15, 0.2) is 4.99 Å². The van der Waals surface area contributed by atoms with Crippen molar-refractivity contribution in [3.63, 3.8) is 0 Å². The molecule has 0 bridgehead atoms. The maximum atomic E-state index is 5.31. The number of hydrogen-bond donors (Lipinski definition) is 1. The lowest BCUT2D eigenvalue weighted by Gasteiger charge is -2.27. The first-order chi connectivity index (χ1) is 4.50. The largest absolute Gasteiger partial charge is 0.366 e. The number of rotatable bonds is 0. The van der Waals surface area contributed by atoms with Gasteiger partial charge >= 0.3 is 6.02 Å². The van der Waals surface area contributed by atoms with Crippen LogP contribution in [0.2, 0.25) is 0 Å². The Balaban J connectivity index is 2.50. The third-order valence-corrected chi connectivity index (χ3v) is 1.31. The molecule has 0 aromatic heterocycles. The molecule has 0 spiro atoms. The van der Waals surface area contributed by atoms with Crippen molar-refractivity contribution in [2.75, 3.05) is 6.67 Å². The Bertz CT molecular complexity index is 159. The van der Waals surface area contributed by atoms with Crippen molar-refractivity contribution in [3.05, 3.63) is 0 Å². The molecule has 2 N–H and O–H groups in total. The summed E-state index contributed by atoms with van der Waals surface area (Å²) in [6, 6.07) is 0.259. The van der Waals surface area contributed by atoms with Crippen LogP contribution in [-0.2, 0) is 4.84 Å². The lowest BCUT2D eigenvalue weighted by Crippen LogP contribution is -2.40. The molecule has 10 heavy (non-hydrogen) atoms. The summed E-state index contributed by atoms with van der Waals surface area (Å²) in [7, 11) is 0. The average Bonchev–Trinajstić information content (AvgIpc) is 2.11. The standard InChI is InChI=1S/C6H13N3O/c1-6(2,3)9-4-8-5(7)10-9/h4H2,1-3H3,(H2,7,8). The molecule has 1 aliphatic rings. The zero-order valence-electron chi connectivity index (χ0n) is 6.59. The minimum Gasteiger partial charge on any atom is -0.366 e. The summed E-state index contributed by atoms with van der Waals surface area (Å²) in [5.74, 6) is 0. The van der Waals surface area contributed by atoms with E-state index >= 15 is 0 Å². The van der Waals surface area contributed by atoms with Gasteiger partial charge in [-0.25, -0.2) is 4.99 Å². The van der Waals surface area contributed by atoms with E-state index in [1.54, 1.807) is 5.06 Å². The van der Waals surface area contributed by atoms with Crippen LogP contribution in [0.1, 0.15) is 20.8 Å². The van der Waals surface area contributed by atoms with Gasteiger partial charge in [-0.05, 0) is 20.8 Å². The van der Waals surface area contributed by atoms with Crippen LogP contribution < -0.4 is 5.73 Å². The van der Waals surface area contributed by atoms with Crippen molar-refractivity contribution in [2.45, 2.75) is 26.3 Å². The fourth-order valence-corrected chi connectivity index (χ4v) is 0.654. The molecule has 0 aromatic rings.